The molecule has 2 aliphatic heterocycles. The third kappa shape index (κ3) is 3.59. The van der Waals surface area contributed by atoms with Crippen LogP contribution in [-0.4, -0.2) is 50.9 Å². The Kier molecular flexibility index (Phi) is 4.92. The van der Waals surface area contributed by atoms with E-state index in [1.807, 2.05) is 12.1 Å². The van der Waals surface area contributed by atoms with Gasteiger partial charge in [-0.1, -0.05) is 24.3 Å². The number of hydrogen-bond acceptors (Lipinski definition) is 4. The van der Waals surface area contributed by atoms with Crippen molar-refractivity contribution < 1.29 is 17.5 Å². The first kappa shape index (κ1) is 18.4. The number of nitrogens with zero attached hydrogens (tertiary/aromatic N) is 2. The molecular formula is C20H23FN2O3S. The monoisotopic (exact) mass is 390 g/mol. The van der Waals surface area contributed by atoms with Crippen LogP contribution >= 0.6 is 0 Å². The minimum Gasteiger partial charge on any atom is -0.494 e. The summed E-state index contributed by atoms with van der Waals surface area (Å²) in [5.74, 6) is 0.548. The molecule has 2 heterocycles. The van der Waals surface area contributed by atoms with E-state index in [0.717, 1.165) is 18.7 Å². The standard InChI is InChI=1S/C20H23FN2O3S/c1-26-20-8-7-15(9-19(20)21)10-22-11-16-13-23(14-17(16)12-22)27(24,25)18-5-3-2-4-6-18/h2-9,16-17H,10-14H2,1H3/t16-,17+. The molecule has 0 bridgehead atoms. The maximum absolute atomic E-state index is 13.9. The van der Waals surface area contributed by atoms with Gasteiger partial charge in [0.2, 0.25) is 10.0 Å². The van der Waals surface area contributed by atoms with Gasteiger partial charge in [-0.3, -0.25) is 4.90 Å². The normalized spacial score (nSPS) is 23.5. The lowest BCUT2D eigenvalue weighted by molar-refractivity contribution is 0.289. The fourth-order valence-electron chi connectivity index (χ4n) is 4.18. The largest absolute Gasteiger partial charge is 0.494 e. The van der Waals surface area contributed by atoms with E-state index in [2.05, 4.69) is 4.90 Å². The van der Waals surface area contributed by atoms with E-state index >= 15 is 0 Å². The van der Waals surface area contributed by atoms with Gasteiger partial charge in [-0.25, -0.2) is 12.8 Å². The maximum Gasteiger partial charge on any atom is 0.243 e. The van der Waals surface area contributed by atoms with Gasteiger partial charge in [-0.2, -0.15) is 4.31 Å². The number of ether oxygens (including phenoxy) is 1. The van der Waals surface area contributed by atoms with Crippen molar-refractivity contribution in [3.05, 3.63) is 59.9 Å². The molecule has 2 saturated heterocycles. The molecule has 4 rings (SSSR count). The van der Waals surface area contributed by atoms with E-state index in [1.54, 1.807) is 34.6 Å². The minimum atomic E-state index is -3.42. The maximum atomic E-state index is 13.9. The van der Waals surface area contributed by atoms with E-state index in [9.17, 15) is 12.8 Å². The predicted molar refractivity (Wildman–Crippen MR) is 100 cm³/mol. The molecule has 2 atom stereocenters. The second-order valence-corrected chi connectivity index (χ2v) is 9.26. The first-order valence-electron chi connectivity index (χ1n) is 9.07. The lowest BCUT2D eigenvalue weighted by atomic mass is 10.0. The van der Waals surface area contributed by atoms with E-state index in [0.29, 0.717) is 36.4 Å². The summed E-state index contributed by atoms with van der Waals surface area (Å²) < 4.78 is 46.0. The first-order chi connectivity index (χ1) is 13.0. The Balaban J connectivity index is 1.39. The van der Waals surface area contributed by atoms with E-state index < -0.39 is 10.0 Å². The van der Waals surface area contributed by atoms with Crippen molar-refractivity contribution in [1.82, 2.24) is 9.21 Å². The van der Waals surface area contributed by atoms with E-state index in [1.165, 1.54) is 13.2 Å². The SMILES string of the molecule is COc1ccc(CN2C[C@@H]3CN(S(=O)(=O)c4ccccc4)C[C@@H]3C2)cc1F. The Morgan fingerprint density at radius 1 is 1.04 bits per heavy atom. The van der Waals surface area contributed by atoms with Gasteiger partial charge in [0.25, 0.3) is 0 Å². The van der Waals surface area contributed by atoms with Gasteiger partial charge in [0.05, 0.1) is 12.0 Å². The van der Waals surface area contributed by atoms with Crippen molar-refractivity contribution in [2.75, 3.05) is 33.3 Å². The number of sulfonamides is 1. The Hall–Kier alpha value is -1.96. The van der Waals surface area contributed by atoms with Crippen LogP contribution in [0.1, 0.15) is 5.56 Å². The fourth-order valence-corrected chi connectivity index (χ4v) is 5.76. The smallest absolute Gasteiger partial charge is 0.243 e. The molecule has 0 spiro atoms. The molecule has 2 fully saturated rings. The Morgan fingerprint density at radius 3 is 2.30 bits per heavy atom. The first-order valence-corrected chi connectivity index (χ1v) is 10.5. The molecular weight excluding hydrogens is 367 g/mol. The quantitative estimate of drug-likeness (QED) is 0.788. The average Bonchev–Trinajstić information content (AvgIpc) is 3.22. The van der Waals surface area contributed by atoms with Crippen LogP contribution in [0.15, 0.2) is 53.4 Å². The zero-order chi connectivity index (χ0) is 19.0. The summed E-state index contributed by atoms with van der Waals surface area (Å²) in [7, 11) is -1.97. The van der Waals surface area contributed by atoms with Gasteiger partial charge < -0.3 is 4.74 Å². The highest BCUT2D eigenvalue weighted by Gasteiger charge is 2.44. The number of rotatable bonds is 5. The van der Waals surface area contributed by atoms with Gasteiger partial charge in [0.15, 0.2) is 11.6 Å². The van der Waals surface area contributed by atoms with Gasteiger partial charge in [0, 0.05) is 32.7 Å². The number of halogens is 1. The molecule has 2 aliphatic rings. The summed E-state index contributed by atoms with van der Waals surface area (Å²) in [6, 6.07) is 13.6. The highest BCUT2D eigenvalue weighted by Crippen LogP contribution is 2.35. The molecule has 27 heavy (non-hydrogen) atoms. The van der Waals surface area contributed by atoms with E-state index in [-0.39, 0.29) is 11.6 Å². The predicted octanol–water partition coefficient (Wildman–Crippen LogP) is 2.59. The molecule has 0 unspecified atom stereocenters. The zero-order valence-corrected chi connectivity index (χ0v) is 16.0. The number of likely N-dealkylation sites (tertiary alicyclic amines) is 1. The molecule has 0 aliphatic carbocycles. The molecule has 2 aromatic carbocycles. The summed E-state index contributed by atoms with van der Waals surface area (Å²) in [6.45, 7) is 3.43. The Bertz CT molecular complexity index is 906. The minimum absolute atomic E-state index is 0.249. The number of fused-ring (bicyclic) bond motifs is 1. The second kappa shape index (κ2) is 7.22. The summed E-state index contributed by atoms with van der Waals surface area (Å²) >= 11 is 0. The molecule has 0 aromatic heterocycles. The zero-order valence-electron chi connectivity index (χ0n) is 15.2. The van der Waals surface area contributed by atoms with Crippen LogP contribution in [0, 0.1) is 17.7 Å². The number of hydrogen-bond donors (Lipinski definition) is 0. The van der Waals surface area contributed by atoms with Crippen LogP contribution in [0.2, 0.25) is 0 Å². The fraction of sp³-hybridized carbons (Fsp3) is 0.400. The summed E-state index contributed by atoms with van der Waals surface area (Å²) in [5, 5.41) is 0. The van der Waals surface area contributed by atoms with Crippen LogP contribution < -0.4 is 4.74 Å². The van der Waals surface area contributed by atoms with Crippen LogP contribution in [-0.2, 0) is 16.6 Å². The van der Waals surface area contributed by atoms with E-state index in [4.69, 9.17) is 4.74 Å². The topological polar surface area (TPSA) is 49.9 Å². The van der Waals surface area contributed by atoms with Crippen LogP contribution in [0.25, 0.3) is 0 Å². The summed E-state index contributed by atoms with van der Waals surface area (Å²) in [5.41, 5.74) is 0.905. The highest BCUT2D eigenvalue weighted by atomic mass is 32.2. The van der Waals surface area contributed by atoms with Crippen LogP contribution in [0.5, 0.6) is 5.75 Å². The van der Waals surface area contributed by atoms with Crippen molar-refractivity contribution in [3.63, 3.8) is 0 Å². The molecule has 5 nitrogen and oxygen atoms in total. The van der Waals surface area contributed by atoms with Crippen molar-refractivity contribution in [2.45, 2.75) is 11.4 Å². The number of methoxy groups -OCH3 is 1. The second-order valence-electron chi connectivity index (χ2n) is 7.32. The third-order valence-electron chi connectivity index (χ3n) is 5.53. The van der Waals surface area contributed by atoms with Gasteiger partial charge in [0.1, 0.15) is 0 Å². The Morgan fingerprint density at radius 2 is 1.70 bits per heavy atom. The molecule has 0 N–H and O–H groups in total. The Labute approximate surface area is 159 Å². The molecule has 7 heteroatoms. The van der Waals surface area contributed by atoms with Crippen LogP contribution in [0.3, 0.4) is 0 Å². The lowest BCUT2D eigenvalue weighted by Crippen LogP contribution is -2.33. The number of benzene rings is 2. The highest BCUT2D eigenvalue weighted by molar-refractivity contribution is 7.89. The summed E-state index contributed by atoms with van der Waals surface area (Å²) in [4.78, 5) is 2.64. The summed E-state index contributed by atoms with van der Waals surface area (Å²) in [6.07, 6.45) is 0. The van der Waals surface area contributed by atoms with Crippen LogP contribution in [0.4, 0.5) is 4.39 Å². The van der Waals surface area contributed by atoms with Gasteiger partial charge >= 0.3 is 0 Å². The van der Waals surface area contributed by atoms with Gasteiger partial charge in [-0.15, -0.1) is 0 Å². The average molecular weight is 390 g/mol. The van der Waals surface area contributed by atoms with Crippen molar-refractivity contribution in [2.24, 2.45) is 11.8 Å². The molecule has 0 amide bonds. The van der Waals surface area contributed by atoms with Crippen molar-refractivity contribution in [1.29, 1.82) is 0 Å². The third-order valence-corrected chi connectivity index (χ3v) is 7.38. The van der Waals surface area contributed by atoms with Crippen molar-refractivity contribution in [3.8, 4) is 5.75 Å². The van der Waals surface area contributed by atoms with Crippen molar-refractivity contribution >= 4 is 10.0 Å². The molecule has 0 saturated carbocycles. The molecule has 144 valence electrons. The molecule has 0 radical (unpaired) electrons. The lowest BCUT2D eigenvalue weighted by Gasteiger charge is -2.21. The van der Waals surface area contributed by atoms with Gasteiger partial charge in [-0.05, 0) is 41.7 Å². The molecule has 2 aromatic rings.